The predicted octanol–water partition coefficient (Wildman–Crippen LogP) is 2.13. The van der Waals surface area contributed by atoms with E-state index in [1.54, 1.807) is 55.5 Å². The highest BCUT2D eigenvalue weighted by atomic mass is 16.3. The maximum absolute atomic E-state index is 13.5. The summed E-state index contributed by atoms with van der Waals surface area (Å²) in [7, 11) is 0. The first-order valence-electron chi connectivity index (χ1n) is 12.3. The number of rotatable bonds is 9. The number of aliphatic hydroxyl groups excluding tert-OH is 2. The van der Waals surface area contributed by atoms with Crippen LogP contribution in [0.2, 0.25) is 0 Å². The number of hydrogen-bond acceptors (Lipinski definition) is 7. The molecule has 3 aromatic rings. The zero-order valence-corrected chi connectivity index (χ0v) is 20.4. The topological polar surface area (TPSA) is 127 Å². The van der Waals surface area contributed by atoms with Gasteiger partial charge in [-0.15, -0.1) is 0 Å². The van der Waals surface area contributed by atoms with E-state index in [-0.39, 0.29) is 35.4 Å². The highest BCUT2D eigenvalue weighted by Crippen LogP contribution is 2.39. The van der Waals surface area contributed by atoms with Gasteiger partial charge in [-0.3, -0.25) is 24.1 Å². The molecule has 2 aliphatic rings. The summed E-state index contributed by atoms with van der Waals surface area (Å²) in [5.41, 5.74) is 2.36. The van der Waals surface area contributed by atoms with Crippen LogP contribution in [0.25, 0.3) is 10.8 Å². The molecular weight excluding hydrogens is 474 g/mol. The van der Waals surface area contributed by atoms with Gasteiger partial charge in [0.25, 0.3) is 23.6 Å². The van der Waals surface area contributed by atoms with Gasteiger partial charge in [0.05, 0.1) is 11.8 Å². The number of amides is 4. The van der Waals surface area contributed by atoms with Crippen molar-refractivity contribution in [2.75, 3.05) is 31.1 Å². The quantitative estimate of drug-likeness (QED) is 0.303. The lowest BCUT2D eigenvalue weighted by Crippen LogP contribution is -2.44. The van der Waals surface area contributed by atoms with Crippen molar-refractivity contribution in [3.8, 4) is 0 Å². The minimum absolute atomic E-state index is 0.00426. The SMILES string of the molecule is CC(O)CNCCCN1C(=O)c2ccc3c4c(ccc(c24)C1=O)C(=O)N(c1ccc(CCO)cc1)C3=O. The molecule has 0 radical (unpaired) electrons. The van der Waals surface area contributed by atoms with Crippen LogP contribution in [-0.2, 0) is 6.42 Å². The summed E-state index contributed by atoms with van der Waals surface area (Å²) in [6.45, 7) is 2.81. The number of nitrogens with one attached hydrogen (secondary N) is 1. The fourth-order valence-corrected chi connectivity index (χ4v) is 4.98. The molecule has 9 nitrogen and oxygen atoms in total. The average molecular weight is 502 g/mol. The Morgan fingerprint density at radius 1 is 0.784 bits per heavy atom. The third-order valence-corrected chi connectivity index (χ3v) is 6.75. The monoisotopic (exact) mass is 501 g/mol. The molecular formula is C28H27N3O6. The Labute approximate surface area is 213 Å². The molecule has 2 heterocycles. The van der Waals surface area contributed by atoms with E-state index in [1.165, 1.54) is 4.90 Å². The first-order chi connectivity index (χ1) is 17.8. The summed E-state index contributed by atoms with van der Waals surface area (Å²) in [5, 5.41) is 22.2. The normalized spacial score (nSPS) is 15.6. The Morgan fingerprint density at radius 2 is 1.30 bits per heavy atom. The molecule has 5 rings (SSSR count). The maximum Gasteiger partial charge on any atom is 0.265 e. The maximum atomic E-state index is 13.5. The van der Waals surface area contributed by atoms with Gasteiger partial charge in [0.1, 0.15) is 0 Å². The van der Waals surface area contributed by atoms with Crippen LogP contribution in [0.15, 0.2) is 48.5 Å². The molecule has 0 fully saturated rings. The van der Waals surface area contributed by atoms with E-state index >= 15 is 0 Å². The average Bonchev–Trinajstić information content (AvgIpc) is 2.88. The van der Waals surface area contributed by atoms with E-state index in [0.717, 1.165) is 10.5 Å². The zero-order chi connectivity index (χ0) is 26.3. The third-order valence-electron chi connectivity index (χ3n) is 6.75. The van der Waals surface area contributed by atoms with Gasteiger partial charge >= 0.3 is 0 Å². The molecule has 3 N–H and O–H groups in total. The summed E-state index contributed by atoms with van der Waals surface area (Å²) in [6, 6.07) is 13.0. The fourth-order valence-electron chi connectivity index (χ4n) is 4.98. The Kier molecular flexibility index (Phi) is 6.59. The Morgan fingerprint density at radius 3 is 1.78 bits per heavy atom. The Bertz CT molecular complexity index is 1360. The van der Waals surface area contributed by atoms with E-state index in [4.69, 9.17) is 5.11 Å². The van der Waals surface area contributed by atoms with Gasteiger partial charge in [0.2, 0.25) is 0 Å². The van der Waals surface area contributed by atoms with Gasteiger partial charge < -0.3 is 15.5 Å². The van der Waals surface area contributed by atoms with Crippen molar-refractivity contribution in [1.29, 1.82) is 0 Å². The molecule has 1 atom stereocenters. The van der Waals surface area contributed by atoms with Gasteiger partial charge in [-0.25, -0.2) is 4.90 Å². The highest BCUT2D eigenvalue weighted by Gasteiger charge is 2.39. The van der Waals surface area contributed by atoms with Crippen LogP contribution >= 0.6 is 0 Å². The second-order valence-electron chi connectivity index (χ2n) is 9.33. The summed E-state index contributed by atoms with van der Waals surface area (Å²) >= 11 is 0. The molecule has 2 aliphatic heterocycles. The molecule has 4 amide bonds. The highest BCUT2D eigenvalue weighted by molar-refractivity contribution is 6.39. The van der Waals surface area contributed by atoms with E-state index in [0.29, 0.717) is 42.4 Å². The van der Waals surface area contributed by atoms with Gasteiger partial charge in [-0.05, 0) is 68.3 Å². The molecule has 0 saturated carbocycles. The Hall–Kier alpha value is -3.92. The third kappa shape index (κ3) is 4.21. The van der Waals surface area contributed by atoms with Gasteiger partial charge in [0.15, 0.2) is 0 Å². The van der Waals surface area contributed by atoms with Gasteiger partial charge in [-0.1, -0.05) is 12.1 Å². The smallest absolute Gasteiger partial charge is 0.265 e. The summed E-state index contributed by atoms with van der Waals surface area (Å²) in [6.07, 6.45) is 0.492. The summed E-state index contributed by atoms with van der Waals surface area (Å²) in [5.74, 6) is -1.97. The Balaban J connectivity index is 1.49. The lowest BCUT2D eigenvalue weighted by Gasteiger charge is -2.32. The van der Waals surface area contributed by atoms with Crippen LogP contribution in [0, 0.1) is 0 Å². The molecule has 0 bridgehead atoms. The summed E-state index contributed by atoms with van der Waals surface area (Å²) < 4.78 is 0. The van der Waals surface area contributed by atoms with E-state index in [2.05, 4.69) is 5.32 Å². The minimum Gasteiger partial charge on any atom is -0.396 e. The number of anilines is 1. The molecule has 9 heteroatoms. The fraction of sp³-hybridized carbons (Fsp3) is 0.286. The minimum atomic E-state index is -0.525. The molecule has 37 heavy (non-hydrogen) atoms. The number of carbonyl (C=O) groups excluding carboxylic acids is 4. The van der Waals surface area contributed by atoms with Gasteiger partial charge in [0, 0.05) is 52.7 Å². The van der Waals surface area contributed by atoms with Crippen molar-refractivity contribution >= 4 is 40.1 Å². The lowest BCUT2D eigenvalue weighted by molar-refractivity contribution is 0.0606. The van der Waals surface area contributed by atoms with Crippen LogP contribution in [0.3, 0.4) is 0 Å². The molecule has 0 saturated heterocycles. The van der Waals surface area contributed by atoms with Crippen molar-refractivity contribution < 1.29 is 29.4 Å². The van der Waals surface area contributed by atoms with Crippen LogP contribution in [-0.4, -0.2) is 71.1 Å². The van der Waals surface area contributed by atoms with E-state index < -0.39 is 29.7 Å². The van der Waals surface area contributed by atoms with Crippen molar-refractivity contribution in [2.45, 2.75) is 25.9 Å². The number of benzene rings is 3. The number of nitrogens with zero attached hydrogens (tertiary/aromatic N) is 2. The molecule has 190 valence electrons. The first-order valence-corrected chi connectivity index (χ1v) is 12.3. The van der Waals surface area contributed by atoms with Crippen molar-refractivity contribution in [1.82, 2.24) is 10.2 Å². The van der Waals surface area contributed by atoms with Gasteiger partial charge in [-0.2, -0.15) is 0 Å². The predicted molar refractivity (Wildman–Crippen MR) is 137 cm³/mol. The molecule has 1 unspecified atom stereocenters. The second-order valence-corrected chi connectivity index (χ2v) is 9.33. The molecule has 3 aromatic carbocycles. The van der Waals surface area contributed by atoms with Crippen LogP contribution in [0.1, 0.15) is 60.3 Å². The first kappa shape index (κ1) is 24.8. The largest absolute Gasteiger partial charge is 0.396 e. The van der Waals surface area contributed by atoms with E-state index in [9.17, 15) is 24.3 Å². The number of imide groups is 2. The standard InChI is InChI=1S/C28H27N3O6/c1-16(33)15-29-12-2-13-30-25(34)19-7-9-21-24-22(10-8-20(23(19)24)26(30)35)28(37)31(27(21)36)18-5-3-17(4-6-18)11-14-32/h3-10,16,29,32-33H,2,11-15H2,1H3. The van der Waals surface area contributed by atoms with E-state index in [1.807, 2.05) is 0 Å². The van der Waals surface area contributed by atoms with Crippen LogP contribution in [0.4, 0.5) is 5.69 Å². The molecule has 0 spiro atoms. The second kappa shape index (κ2) is 9.85. The number of aliphatic hydroxyl groups is 2. The molecule has 0 aromatic heterocycles. The molecule has 0 aliphatic carbocycles. The zero-order valence-electron chi connectivity index (χ0n) is 20.4. The van der Waals surface area contributed by atoms with Crippen molar-refractivity contribution in [2.24, 2.45) is 0 Å². The van der Waals surface area contributed by atoms with Crippen molar-refractivity contribution in [3.05, 3.63) is 76.3 Å². The lowest BCUT2D eigenvalue weighted by atomic mass is 9.85. The van der Waals surface area contributed by atoms with Crippen molar-refractivity contribution in [3.63, 3.8) is 0 Å². The van der Waals surface area contributed by atoms with Crippen LogP contribution < -0.4 is 10.2 Å². The number of hydrogen-bond donors (Lipinski definition) is 3. The summed E-state index contributed by atoms with van der Waals surface area (Å²) in [4.78, 5) is 55.9. The van der Waals surface area contributed by atoms with Crippen LogP contribution in [0.5, 0.6) is 0 Å². The number of carbonyl (C=O) groups is 4.